The number of rotatable bonds is 7. The summed E-state index contributed by atoms with van der Waals surface area (Å²) >= 11 is 2.13. The van der Waals surface area contributed by atoms with E-state index in [1.165, 1.54) is 9.12 Å². The summed E-state index contributed by atoms with van der Waals surface area (Å²) in [6.45, 7) is 0.885. The van der Waals surface area contributed by atoms with Gasteiger partial charge in [0.05, 0.1) is 17.3 Å². The number of piperidine rings is 1. The third-order valence-electron chi connectivity index (χ3n) is 5.04. The van der Waals surface area contributed by atoms with Gasteiger partial charge in [-0.15, -0.1) is 0 Å². The molecule has 10 heteroatoms. The molecule has 0 bridgehead atoms. The summed E-state index contributed by atoms with van der Waals surface area (Å²) in [6.07, 6.45) is -2.27. The molecule has 0 amide bonds. The Labute approximate surface area is 177 Å². The van der Waals surface area contributed by atoms with Crippen LogP contribution >= 0.6 is 30.3 Å². The van der Waals surface area contributed by atoms with Crippen molar-refractivity contribution >= 4 is 36.0 Å². The standard InChI is InChI=1S/C18H20F3IN4OS/c19-18(20,21)13-6-8-26(28-22)17(9-13)14-4-2-1-3-12(14)10-24-15-5-7-23-16(15)11-25-27/h1-5,7,13,17,23-24H,6,8-11H2. The fourth-order valence-corrected chi connectivity index (χ4v) is 5.47. The number of hydrogen-bond acceptors (Lipinski definition) is 5. The van der Waals surface area contributed by atoms with Crippen LogP contribution in [0.1, 0.15) is 35.7 Å². The average Bonchev–Trinajstić information content (AvgIpc) is 3.13. The second-order valence-corrected chi connectivity index (χ2v) is 8.49. The topological polar surface area (TPSA) is 60.5 Å². The smallest absolute Gasteiger partial charge is 0.379 e. The molecule has 0 saturated carbocycles. The fourth-order valence-electron chi connectivity index (χ4n) is 3.58. The van der Waals surface area contributed by atoms with Gasteiger partial charge >= 0.3 is 6.18 Å². The van der Waals surface area contributed by atoms with Crippen molar-refractivity contribution < 1.29 is 13.2 Å². The van der Waals surface area contributed by atoms with E-state index in [2.05, 4.69) is 36.7 Å². The monoisotopic (exact) mass is 524 g/mol. The lowest BCUT2D eigenvalue weighted by Crippen LogP contribution is -2.38. The van der Waals surface area contributed by atoms with Gasteiger partial charge < -0.3 is 10.3 Å². The zero-order valence-corrected chi connectivity index (χ0v) is 17.9. The minimum absolute atomic E-state index is 0.0338. The molecule has 1 saturated heterocycles. The molecule has 2 aromatic rings. The SMILES string of the molecule is O=NCc1[nH]ccc1NCc1ccccc1C1CC(C(F)(F)F)CCN1SI. The van der Waals surface area contributed by atoms with Crippen molar-refractivity contribution in [2.45, 2.75) is 38.1 Å². The van der Waals surface area contributed by atoms with Crippen molar-refractivity contribution in [2.24, 2.45) is 11.1 Å². The van der Waals surface area contributed by atoms with Crippen LogP contribution in [-0.4, -0.2) is 22.0 Å². The quantitative estimate of drug-likeness (QED) is 0.257. The van der Waals surface area contributed by atoms with E-state index in [0.29, 0.717) is 18.8 Å². The van der Waals surface area contributed by atoms with Gasteiger partial charge in [0.25, 0.3) is 0 Å². The third kappa shape index (κ3) is 5.01. The first kappa shape index (κ1) is 21.4. The minimum atomic E-state index is -4.17. The summed E-state index contributed by atoms with van der Waals surface area (Å²) in [4.78, 5) is 13.5. The van der Waals surface area contributed by atoms with Crippen molar-refractivity contribution in [1.29, 1.82) is 0 Å². The van der Waals surface area contributed by atoms with Crippen molar-refractivity contribution in [3.63, 3.8) is 0 Å². The molecule has 152 valence electrons. The van der Waals surface area contributed by atoms with E-state index in [0.717, 1.165) is 16.8 Å². The number of benzene rings is 1. The predicted octanol–water partition coefficient (Wildman–Crippen LogP) is 6.21. The van der Waals surface area contributed by atoms with Crippen molar-refractivity contribution in [1.82, 2.24) is 9.29 Å². The van der Waals surface area contributed by atoms with Crippen LogP contribution in [0.3, 0.4) is 0 Å². The number of H-pyrrole nitrogens is 1. The molecule has 5 nitrogen and oxygen atoms in total. The maximum Gasteiger partial charge on any atom is 0.391 e. The van der Waals surface area contributed by atoms with Gasteiger partial charge in [0.15, 0.2) is 0 Å². The molecule has 1 aliphatic heterocycles. The van der Waals surface area contributed by atoms with Gasteiger partial charge in [-0.25, -0.2) is 4.31 Å². The summed E-state index contributed by atoms with van der Waals surface area (Å²) in [5.41, 5.74) is 3.30. The van der Waals surface area contributed by atoms with E-state index in [9.17, 15) is 18.1 Å². The second-order valence-electron chi connectivity index (χ2n) is 6.70. The molecule has 1 aromatic heterocycles. The highest BCUT2D eigenvalue weighted by Gasteiger charge is 2.45. The minimum Gasteiger partial charge on any atom is -0.379 e. The Kier molecular flexibility index (Phi) is 7.26. The van der Waals surface area contributed by atoms with Gasteiger partial charge in [-0.1, -0.05) is 29.4 Å². The molecule has 2 N–H and O–H groups in total. The van der Waals surface area contributed by atoms with Crippen LogP contribution in [0.15, 0.2) is 41.7 Å². The molecule has 0 spiro atoms. The maximum absolute atomic E-state index is 13.3. The van der Waals surface area contributed by atoms with Crippen LogP contribution in [-0.2, 0) is 13.1 Å². The zero-order valence-electron chi connectivity index (χ0n) is 14.9. The Balaban J connectivity index is 1.81. The Hall–Kier alpha value is -1.27. The first-order valence-electron chi connectivity index (χ1n) is 8.83. The highest BCUT2D eigenvalue weighted by Crippen LogP contribution is 2.46. The van der Waals surface area contributed by atoms with Crippen molar-refractivity contribution in [3.8, 4) is 0 Å². The molecule has 1 aliphatic rings. The first-order chi connectivity index (χ1) is 13.4. The number of hydrogen-bond donors (Lipinski definition) is 2. The first-order valence-corrected chi connectivity index (χ1v) is 12.1. The van der Waals surface area contributed by atoms with Crippen LogP contribution in [0.5, 0.6) is 0 Å². The van der Waals surface area contributed by atoms with Gasteiger partial charge in [-0.3, -0.25) is 0 Å². The van der Waals surface area contributed by atoms with Gasteiger partial charge in [0, 0.05) is 46.5 Å². The van der Waals surface area contributed by atoms with E-state index in [4.69, 9.17) is 0 Å². The summed E-state index contributed by atoms with van der Waals surface area (Å²) in [6, 6.07) is 9.10. The summed E-state index contributed by atoms with van der Waals surface area (Å²) in [7, 11) is 1.46. The molecule has 2 atom stereocenters. The zero-order chi connectivity index (χ0) is 20.1. The largest absolute Gasteiger partial charge is 0.391 e. The summed E-state index contributed by atoms with van der Waals surface area (Å²) in [5, 5.41) is 6.17. The molecular weight excluding hydrogens is 504 g/mol. The van der Waals surface area contributed by atoms with Crippen LogP contribution in [0.4, 0.5) is 18.9 Å². The molecule has 0 radical (unpaired) electrons. The lowest BCUT2D eigenvalue weighted by molar-refractivity contribution is -0.186. The van der Waals surface area contributed by atoms with Crippen LogP contribution in [0.25, 0.3) is 0 Å². The molecule has 3 rings (SSSR count). The van der Waals surface area contributed by atoms with Crippen molar-refractivity contribution in [3.05, 3.63) is 58.3 Å². The highest BCUT2D eigenvalue weighted by molar-refractivity contribution is 14.2. The number of alkyl halides is 3. The number of nitrogens with zero attached hydrogens (tertiary/aromatic N) is 2. The number of nitrogens with one attached hydrogen (secondary N) is 2. The molecule has 2 unspecified atom stereocenters. The number of aromatic amines is 1. The number of nitroso groups, excluding NO2 is 1. The van der Waals surface area contributed by atoms with Crippen molar-refractivity contribution in [2.75, 3.05) is 11.9 Å². The van der Waals surface area contributed by atoms with Crippen LogP contribution in [0, 0.1) is 10.8 Å². The molecule has 0 aliphatic carbocycles. The van der Waals surface area contributed by atoms with Gasteiger partial charge in [-0.05, 0) is 39.2 Å². The summed E-state index contributed by atoms with van der Waals surface area (Å²) in [5.74, 6) is -1.28. The molecular formula is C18H20F3IN4OS. The number of anilines is 1. The van der Waals surface area contributed by atoms with Crippen LogP contribution < -0.4 is 5.32 Å². The fraction of sp³-hybridized carbons (Fsp3) is 0.444. The Morgan fingerprint density at radius 2 is 2.11 bits per heavy atom. The van der Waals surface area contributed by atoms with E-state index < -0.39 is 12.1 Å². The van der Waals surface area contributed by atoms with Crippen LogP contribution in [0.2, 0.25) is 0 Å². The summed E-state index contributed by atoms with van der Waals surface area (Å²) < 4.78 is 42.0. The van der Waals surface area contributed by atoms with Gasteiger partial charge in [-0.2, -0.15) is 18.1 Å². The Morgan fingerprint density at radius 1 is 1.32 bits per heavy atom. The Bertz CT molecular complexity index is 801. The van der Waals surface area contributed by atoms with Gasteiger partial charge in [0.1, 0.15) is 6.54 Å². The average molecular weight is 524 g/mol. The second kappa shape index (κ2) is 9.49. The number of halogens is 4. The lowest BCUT2D eigenvalue weighted by atomic mass is 9.86. The normalized spacial score (nSPS) is 20.9. The van der Waals surface area contributed by atoms with E-state index in [-0.39, 0.29) is 25.4 Å². The lowest BCUT2D eigenvalue weighted by Gasteiger charge is -2.39. The third-order valence-corrected chi connectivity index (χ3v) is 7.18. The Morgan fingerprint density at radius 3 is 2.82 bits per heavy atom. The highest BCUT2D eigenvalue weighted by atomic mass is 127. The molecule has 1 aromatic carbocycles. The molecule has 1 fully saturated rings. The van der Waals surface area contributed by atoms with Gasteiger partial charge in [0.2, 0.25) is 0 Å². The molecule has 2 heterocycles. The predicted molar refractivity (Wildman–Crippen MR) is 114 cm³/mol. The van der Waals surface area contributed by atoms with E-state index in [1.807, 2.05) is 34.6 Å². The maximum atomic E-state index is 13.3. The van der Waals surface area contributed by atoms with E-state index >= 15 is 0 Å². The molecule has 28 heavy (non-hydrogen) atoms. The number of aromatic nitrogens is 1. The van der Waals surface area contributed by atoms with E-state index in [1.54, 1.807) is 6.20 Å².